The molecule has 0 heterocycles. The van der Waals surface area contributed by atoms with Crippen LogP contribution in [-0.4, -0.2) is 33.0 Å². The second-order valence-electron chi connectivity index (χ2n) is 8.91. The molecule has 3 aromatic rings. The van der Waals surface area contributed by atoms with Gasteiger partial charge in [-0.15, -0.1) is 0 Å². The Kier molecular flexibility index (Phi) is 9.23. The molecule has 0 atom stereocenters. The summed E-state index contributed by atoms with van der Waals surface area (Å²) in [6.45, 7) is 4.31. The molecule has 1 amide bonds. The summed E-state index contributed by atoms with van der Waals surface area (Å²) in [4.78, 5) is 28.6. The maximum absolute atomic E-state index is 13.6. The van der Waals surface area contributed by atoms with E-state index < -0.39 is 5.91 Å². The number of methoxy groups -OCH3 is 2. The first-order chi connectivity index (χ1) is 17.3. The first-order valence-corrected chi connectivity index (χ1v) is 11.9. The molecule has 0 N–H and O–H groups in total. The topological polar surface area (TPSA) is 55.8 Å². The molecule has 0 fully saturated rings. The number of ketones is 1. The average molecular weight is 484 g/mol. The maximum Gasteiger partial charge on any atom is 0.262 e. The molecular weight excluding hydrogens is 450 g/mol. The Morgan fingerprint density at radius 1 is 0.889 bits per heavy atom. The Morgan fingerprint density at radius 3 is 2.06 bits per heavy atom. The van der Waals surface area contributed by atoms with E-state index >= 15 is 0 Å². The minimum Gasteiger partial charge on any atom is -0.497 e. The zero-order chi connectivity index (χ0) is 26.1. The van der Waals surface area contributed by atoms with Crippen LogP contribution < -0.4 is 14.4 Å². The van der Waals surface area contributed by atoms with Gasteiger partial charge in [-0.1, -0.05) is 80.6 Å². The molecule has 3 aromatic carbocycles. The van der Waals surface area contributed by atoms with Crippen LogP contribution in [0.3, 0.4) is 0 Å². The highest BCUT2D eigenvalue weighted by molar-refractivity contribution is 6.29. The van der Waals surface area contributed by atoms with E-state index in [-0.39, 0.29) is 11.4 Å². The van der Waals surface area contributed by atoms with Gasteiger partial charge < -0.3 is 14.4 Å². The van der Waals surface area contributed by atoms with E-state index in [4.69, 9.17) is 9.47 Å². The van der Waals surface area contributed by atoms with Gasteiger partial charge in [0.2, 0.25) is 0 Å². The number of benzene rings is 3. The van der Waals surface area contributed by atoms with Gasteiger partial charge in [-0.3, -0.25) is 9.59 Å². The highest BCUT2D eigenvalue weighted by Crippen LogP contribution is 2.29. The highest BCUT2D eigenvalue weighted by atomic mass is 16.5. The number of Topliss-reactive ketones (excluding diaryl/α,β-unsaturated/α-hetero) is 1. The van der Waals surface area contributed by atoms with Crippen LogP contribution >= 0.6 is 0 Å². The largest absolute Gasteiger partial charge is 0.497 e. The molecule has 5 heteroatoms. The number of anilines is 1. The van der Waals surface area contributed by atoms with Crippen molar-refractivity contribution in [3.05, 3.63) is 107 Å². The summed E-state index contributed by atoms with van der Waals surface area (Å²) < 4.78 is 10.7. The van der Waals surface area contributed by atoms with Crippen LogP contribution in [0.15, 0.2) is 90.5 Å². The molecular formula is C31H33NO4. The number of hydrogen-bond acceptors (Lipinski definition) is 4. The van der Waals surface area contributed by atoms with Crippen molar-refractivity contribution in [2.75, 3.05) is 26.2 Å². The van der Waals surface area contributed by atoms with E-state index in [9.17, 15) is 9.59 Å². The summed E-state index contributed by atoms with van der Waals surface area (Å²) in [5, 5.41) is 0. The molecule has 5 nitrogen and oxygen atoms in total. The molecule has 0 unspecified atom stereocenters. The summed E-state index contributed by atoms with van der Waals surface area (Å²) in [5.74, 6) is 0.839. The summed E-state index contributed by atoms with van der Waals surface area (Å²) in [6.07, 6.45) is 6.10. The Labute approximate surface area is 213 Å². The standard InChI is InChI=1S/C31H33NO4/c1-22(2)18-24-14-16-25(17-15-24)30(33)29(13-9-12-23-10-7-6-8-11-23)31(34)32(3)26-19-27(35-4)21-28(20-26)36-5/h6-17,19-22H,18H2,1-5H3. The molecule has 0 aliphatic heterocycles. The third-order valence-corrected chi connectivity index (χ3v) is 5.71. The van der Waals surface area contributed by atoms with E-state index in [2.05, 4.69) is 13.8 Å². The average Bonchev–Trinajstić information content (AvgIpc) is 2.90. The number of carbonyl (C=O) groups excluding carboxylic acids is 2. The zero-order valence-corrected chi connectivity index (χ0v) is 21.5. The van der Waals surface area contributed by atoms with Crippen LogP contribution in [0.5, 0.6) is 11.5 Å². The number of rotatable bonds is 10. The Morgan fingerprint density at radius 2 is 1.50 bits per heavy atom. The molecule has 0 radical (unpaired) electrons. The van der Waals surface area contributed by atoms with Crippen molar-refractivity contribution in [2.45, 2.75) is 20.3 Å². The van der Waals surface area contributed by atoms with Gasteiger partial charge in [0.1, 0.15) is 11.5 Å². The lowest BCUT2D eigenvalue weighted by molar-refractivity contribution is -0.114. The van der Waals surface area contributed by atoms with Gasteiger partial charge >= 0.3 is 0 Å². The van der Waals surface area contributed by atoms with Gasteiger partial charge in [0.25, 0.3) is 5.91 Å². The van der Waals surface area contributed by atoms with Crippen molar-refractivity contribution in [1.29, 1.82) is 0 Å². The van der Waals surface area contributed by atoms with Crippen LogP contribution in [0.4, 0.5) is 5.69 Å². The lowest BCUT2D eigenvalue weighted by Gasteiger charge is -2.20. The minimum atomic E-state index is -0.431. The Bertz CT molecular complexity index is 1220. The number of ether oxygens (including phenoxy) is 2. The third kappa shape index (κ3) is 6.95. The second-order valence-corrected chi connectivity index (χ2v) is 8.91. The fourth-order valence-corrected chi connectivity index (χ4v) is 3.77. The number of carbonyl (C=O) groups is 2. The predicted molar refractivity (Wildman–Crippen MR) is 146 cm³/mol. The number of amides is 1. The van der Waals surface area contributed by atoms with E-state index in [0.29, 0.717) is 28.7 Å². The summed E-state index contributed by atoms with van der Waals surface area (Å²) >= 11 is 0. The SMILES string of the molecule is COc1cc(OC)cc(N(C)C(=O)C(=CC=Cc2ccccc2)C(=O)c2ccc(CC(C)C)cc2)c1. The number of hydrogen-bond donors (Lipinski definition) is 0. The molecule has 36 heavy (non-hydrogen) atoms. The van der Waals surface area contributed by atoms with E-state index in [0.717, 1.165) is 17.5 Å². The van der Waals surface area contributed by atoms with Gasteiger partial charge in [-0.2, -0.15) is 0 Å². The van der Waals surface area contributed by atoms with Crippen molar-refractivity contribution in [3.8, 4) is 11.5 Å². The smallest absolute Gasteiger partial charge is 0.262 e. The van der Waals surface area contributed by atoms with Crippen LogP contribution in [0.1, 0.15) is 35.3 Å². The van der Waals surface area contributed by atoms with E-state index in [1.54, 1.807) is 63.8 Å². The zero-order valence-electron chi connectivity index (χ0n) is 21.5. The minimum absolute atomic E-state index is 0.0584. The van der Waals surface area contributed by atoms with Crippen LogP contribution in [0, 0.1) is 5.92 Å². The number of nitrogens with zero attached hydrogens (tertiary/aromatic N) is 1. The molecule has 0 saturated carbocycles. The van der Waals surface area contributed by atoms with Crippen molar-refractivity contribution in [2.24, 2.45) is 5.92 Å². The molecule has 0 aliphatic rings. The van der Waals surface area contributed by atoms with Crippen molar-refractivity contribution in [1.82, 2.24) is 0 Å². The van der Waals surface area contributed by atoms with Crippen LogP contribution in [0.2, 0.25) is 0 Å². The summed E-state index contributed by atoms with van der Waals surface area (Å²) in [5.41, 5.74) is 3.20. The Hall–Kier alpha value is -4.12. The summed E-state index contributed by atoms with van der Waals surface area (Å²) in [6, 6.07) is 22.4. The van der Waals surface area contributed by atoms with Crippen molar-refractivity contribution >= 4 is 23.5 Å². The fourth-order valence-electron chi connectivity index (χ4n) is 3.77. The fraction of sp³-hybridized carbons (Fsp3) is 0.226. The quantitative estimate of drug-likeness (QED) is 0.110. The molecule has 186 valence electrons. The van der Waals surface area contributed by atoms with E-state index in [1.165, 1.54) is 4.90 Å². The second kappa shape index (κ2) is 12.5. The Balaban J connectivity index is 1.97. The normalized spacial score (nSPS) is 11.6. The highest BCUT2D eigenvalue weighted by Gasteiger charge is 2.24. The first-order valence-electron chi connectivity index (χ1n) is 11.9. The molecule has 0 spiro atoms. The maximum atomic E-state index is 13.6. The third-order valence-electron chi connectivity index (χ3n) is 5.71. The summed E-state index contributed by atoms with van der Waals surface area (Å²) in [7, 11) is 4.73. The van der Waals surface area contributed by atoms with Crippen molar-refractivity contribution in [3.63, 3.8) is 0 Å². The first kappa shape index (κ1) is 26.5. The monoisotopic (exact) mass is 483 g/mol. The van der Waals surface area contributed by atoms with Gasteiger partial charge in [0.05, 0.1) is 25.5 Å². The molecule has 0 aliphatic carbocycles. The van der Waals surface area contributed by atoms with Crippen LogP contribution in [-0.2, 0) is 11.2 Å². The predicted octanol–water partition coefficient (Wildman–Crippen LogP) is 6.39. The molecule has 0 bridgehead atoms. The van der Waals surface area contributed by atoms with Gasteiger partial charge in [-0.05, 0) is 29.5 Å². The van der Waals surface area contributed by atoms with Crippen molar-refractivity contribution < 1.29 is 19.1 Å². The van der Waals surface area contributed by atoms with Gasteiger partial charge in [0, 0.05) is 30.8 Å². The lowest BCUT2D eigenvalue weighted by Crippen LogP contribution is -2.31. The molecule has 3 rings (SSSR count). The molecule has 0 saturated heterocycles. The van der Waals surface area contributed by atoms with Gasteiger partial charge in [-0.25, -0.2) is 0 Å². The van der Waals surface area contributed by atoms with Crippen LogP contribution in [0.25, 0.3) is 6.08 Å². The molecule has 0 aromatic heterocycles. The number of likely N-dealkylation sites (N-methyl/N-ethyl adjacent to an activating group) is 1. The van der Waals surface area contributed by atoms with E-state index in [1.807, 2.05) is 48.5 Å². The van der Waals surface area contributed by atoms with Gasteiger partial charge in [0.15, 0.2) is 5.78 Å². The number of allylic oxidation sites excluding steroid dienone is 2. The lowest BCUT2D eigenvalue weighted by atomic mass is 9.97.